The summed E-state index contributed by atoms with van der Waals surface area (Å²) < 4.78 is 0. The molecule has 4 heteroatoms. The molecule has 0 aliphatic carbocycles. The largest absolute Gasteiger partial charge is 0.306 e. The lowest BCUT2D eigenvalue weighted by atomic mass is 10.1. The van der Waals surface area contributed by atoms with E-state index in [1.165, 1.54) is 0 Å². The molecule has 1 atom stereocenters. The number of hydrogen-bond acceptors (Lipinski definition) is 3. The minimum absolute atomic E-state index is 0.0348. The van der Waals surface area contributed by atoms with Gasteiger partial charge in [0.05, 0.1) is 12.1 Å². The van der Waals surface area contributed by atoms with Crippen LogP contribution in [-0.2, 0) is 9.63 Å². The van der Waals surface area contributed by atoms with Crippen molar-refractivity contribution in [2.75, 3.05) is 6.54 Å². The Hall–Kier alpha value is -0.610. The van der Waals surface area contributed by atoms with Gasteiger partial charge in [-0.15, -0.1) is 0 Å². The van der Waals surface area contributed by atoms with Crippen molar-refractivity contribution >= 4 is 5.91 Å². The third kappa shape index (κ3) is 3.74. The summed E-state index contributed by atoms with van der Waals surface area (Å²) in [4.78, 5) is 16.4. The quantitative estimate of drug-likeness (QED) is 0.634. The minimum atomic E-state index is -0.0625. The van der Waals surface area contributed by atoms with Gasteiger partial charge in [0.1, 0.15) is 0 Å². The molecule has 1 saturated heterocycles. The molecule has 0 bridgehead atoms. The predicted octanol–water partition coefficient (Wildman–Crippen LogP) is 0.585. The van der Waals surface area contributed by atoms with Crippen LogP contribution in [0, 0.1) is 0 Å². The van der Waals surface area contributed by atoms with Crippen molar-refractivity contribution in [3.05, 3.63) is 0 Å². The number of piperidine rings is 1. The lowest BCUT2D eigenvalue weighted by molar-refractivity contribution is -0.139. The van der Waals surface area contributed by atoms with Crippen LogP contribution in [0.2, 0.25) is 0 Å². The van der Waals surface area contributed by atoms with Crippen LogP contribution in [0.25, 0.3) is 0 Å². The molecular weight excluding hydrogens is 168 g/mol. The molecule has 1 fully saturated rings. The van der Waals surface area contributed by atoms with Gasteiger partial charge in [-0.05, 0) is 33.2 Å². The van der Waals surface area contributed by atoms with E-state index in [0.29, 0.717) is 0 Å². The van der Waals surface area contributed by atoms with Crippen molar-refractivity contribution in [2.24, 2.45) is 0 Å². The van der Waals surface area contributed by atoms with Crippen molar-refractivity contribution in [3.63, 3.8) is 0 Å². The molecule has 2 N–H and O–H groups in total. The highest BCUT2D eigenvalue weighted by atomic mass is 16.7. The number of hydroxylamine groups is 1. The summed E-state index contributed by atoms with van der Waals surface area (Å²) in [6, 6.07) is -0.0625. The van der Waals surface area contributed by atoms with E-state index in [9.17, 15) is 4.79 Å². The Bertz CT molecular complexity index is 165. The van der Waals surface area contributed by atoms with Gasteiger partial charge < -0.3 is 5.32 Å². The zero-order valence-corrected chi connectivity index (χ0v) is 8.30. The van der Waals surface area contributed by atoms with E-state index < -0.39 is 0 Å². The Labute approximate surface area is 79.0 Å². The molecule has 0 saturated carbocycles. The van der Waals surface area contributed by atoms with Crippen LogP contribution < -0.4 is 10.8 Å². The van der Waals surface area contributed by atoms with Crippen LogP contribution in [-0.4, -0.2) is 24.6 Å². The van der Waals surface area contributed by atoms with Crippen molar-refractivity contribution in [3.8, 4) is 0 Å². The molecule has 0 aromatic carbocycles. The van der Waals surface area contributed by atoms with E-state index in [0.717, 1.165) is 25.8 Å². The first kappa shape index (κ1) is 10.5. The van der Waals surface area contributed by atoms with E-state index in [1.54, 1.807) is 0 Å². The molecule has 13 heavy (non-hydrogen) atoms. The highest BCUT2D eigenvalue weighted by Crippen LogP contribution is 2.06. The fourth-order valence-corrected chi connectivity index (χ4v) is 1.32. The van der Waals surface area contributed by atoms with Crippen LogP contribution in [0.5, 0.6) is 0 Å². The molecule has 0 radical (unpaired) electrons. The van der Waals surface area contributed by atoms with Gasteiger partial charge in [-0.25, -0.2) is 5.48 Å². The van der Waals surface area contributed by atoms with Crippen molar-refractivity contribution in [1.82, 2.24) is 10.8 Å². The maximum absolute atomic E-state index is 11.4. The zero-order chi connectivity index (χ0) is 9.68. The molecule has 76 valence electrons. The van der Waals surface area contributed by atoms with E-state index in [4.69, 9.17) is 4.84 Å². The molecule has 4 nitrogen and oxygen atoms in total. The average Bonchev–Trinajstić information content (AvgIpc) is 2.15. The van der Waals surface area contributed by atoms with E-state index in [2.05, 4.69) is 10.8 Å². The highest BCUT2D eigenvalue weighted by Gasteiger charge is 2.20. The van der Waals surface area contributed by atoms with Crippen LogP contribution >= 0.6 is 0 Å². The maximum Gasteiger partial charge on any atom is 0.260 e. The van der Waals surface area contributed by atoms with Gasteiger partial charge in [0.15, 0.2) is 0 Å². The van der Waals surface area contributed by atoms with Gasteiger partial charge in [0, 0.05) is 0 Å². The number of rotatable bonds is 3. The Balaban J connectivity index is 2.21. The van der Waals surface area contributed by atoms with E-state index in [1.807, 2.05) is 13.8 Å². The van der Waals surface area contributed by atoms with Gasteiger partial charge in [-0.2, -0.15) is 0 Å². The summed E-state index contributed by atoms with van der Waals surface area (Å²) in [5, 5.41) is 3.15. The molecule has 1 amide bonds. The van der Waals surface area contributed by atoms with E-state index in [-0.39, 0.29) is 18.1 Å². The fourth-order valence-electron chi connectivity index (χ4n) is 1.32. The minimum Gasteiger partial charge on any atom is -0.306 e. The smallest absolute Gasteiger partial charge is 0.260 e. The Kier molecular flexibility index (Phi) is 4.18. The monoisotopic (exact) mass is 186 g/mol. The van der Waals surface area contributed by atoms with Crippen LogP contribution in [0.1, 0.15) is 33.1 Å². The molecule has 0 aromatic heterocycles. The predicted molar refractivity (Wildman–Crippen MR) is 50.0 cm³/mol. The maximum atomic E-state index is 11.4. The Morgan fingerprint density at radius 3 is 2.85 bits per heavy atom. The van der Waals surface area contributed by atoms with Crippen molar-refractivity contribution in [2.45, 2.75) is 45.3 Å². The number of nitrogens with one attached hydrogen (secondary N) is 2. The standard InChI is InChI=1S/C9H18N2O2/c1-7(2)13-11-9(12)8-5-3-4-6-10-8/h7-8,10H,3-6H2,1-2H3,(H,11,12). The number of amides is 1. The molecule has 0 spiro atoms. The average molecular weight is 186 g/mol. The van der Waals surface area contributed by atoms with Gasteiger partial charge in [-0.3, -0.25) is 9.63 Å². The first-order valence-electron chi connectivity index (χ1n) is 4.89. The molecule has 1 unspecified atom stereocenters. The lowest BCUT2D eigenvalue weighted by Crippen LogP contribution is -2.47. The summed E-state index contributed by atoms with van der Waals surface area (Å²) in [5.74, 6) is -0.0478. The second-order valence-electron chi connectivity index (χ2n) is 3.64. The summed E-state index contributed by atoms with van der Waals surface area (Å²) >= 11 is 0. The van der Waals surface area contributed by atoms with Gasteiger partial charge in [-0.1, -0.05) is 6.42 Å². The third-order valence-corrected chi connectivity index (χ3v) is 2.02. The first-order valence-corrected chi connectivity index (χ1v) is 4.89. The topological polar surface area (TPSA) is 50.4 Å². The summed E-state index contributed by atoms with van der Waals surface area (Å²) in [7, 11) is 0. The van der Waals surface area contributed by atoms with Gasteiger partial charge in [0.25, 0.3) is 5.91 Å². The summed E-state index contributed by atoms with van der Waals surface area (Å²) in [6.45, 7) is 4.70. The SMILES string of the molecule is CC(C)ONC(=O)C1CCCCN1. The first-order chi connectivity index (χ1) is 6.20. The van der Waals surface area contributed by atoms with Crippen molar-refractivity contribution < 1.29 is 9.63 Å². The van der Waals surface area contributed by atoms with Crippen LogP contribution in [0.15, 0.2) is 0 Å². The molecule has 1 rings (SSSR count). The number of carbonyl (C=O) groups excluding carboxylic acids is 1. The number of hydrogen-bond donors (Lipinski definition) is 2. The highest BCUT2D eigenvalue weighted by molar-refractivity contribution is 5.80. The molecule has 1 aliphatic rings. The second-order valence-corrected chi connectivity index (χ2v) is 3.64. The Morgan fingerprint density at radius 1 is 1.54 bits per heavy atom. The fraction of sp³-hybridized carbons (Fsp3) is 0.889. The van der Waals surface area contributed by atoms with Gasteiger partial charge in [0.2, 0.25) is 0 Å². The lowest BCUT2D eigenvalue weighted by Gasteiger charge is -2.22. The molecule has 0 aromatic rings. The third-order valence-electron chi connectivity index (χ3n) is 2.02. The van der Waals surface area contributed by atoms with Gasteiger partial charge >= 0.3 is 0 Å². The van der Waals surface area contributed by atoms with Crippen LogP contribution in [0.4, 0.5) is 0 Å². The molecule has 1 aliphatic heterocycles. The number of carbonyl (C=O) groups is 1. The van der Waals surface area contributed by atoms with Crippen molar-refractivity contribution in [1.29, 1.82) is 0 Å². The molecular formula is C9H18N2O2. The van der Waals surface area contributed by atoms with Crippen LogP contribution in [0.3, 0.4) is 0 Å². The Morgan fingerprint density at radius 2 is 2.31 bits per heavy atom. The zero-order valence-electron chi connectivity index (χ0n) is 8.30. The summed E-state index contributed by atoms with van der Waals surface area (Å²) in [6.07, 6.45) is 3.22. The van der Waals surface area contributed by atoms with E-state index >= 15 is 0 Å². The normalized spacial score (nSPS) is 23.2. The summed E-state index contributed by atoms with van der Waals surface area (Å²) in [5.41, 5.74) is 2.45. The molecule has 1 heterocycles. The second kappa shape index (κ2) is 5.19.